The highest BCUT2D eigenvalue weighted by Crippen LogP contribution is 2.43. The molecule has 0 bridgehead atoms. The third-order valence-electron chi connectivity index (χ3n) is 15.2. The average molecular weight is 1670 g/mol. The molecule has 0 radical (unpaired) electrons. The monoisotopic (exact) mass is 1670 g/mol. The number of alkyl halides is 3. The molecule has 2 fully saturated rings. The Bertz CT molecular complexity index is 3880. The first-order valence-electron chi connectivity index (χ1n) is 30.0. The molecular weight excluding hydrogens is 1600 g/mol. The molecular formula is C67H77Cl9F7IN14O. The molecule has 540 valence electrons. The number of urea groups is 1. The number of halogens is 17. The highest BCUT2D eigenvalue weighted by molar-refractivity contribution is 14.1. The Morgan fingerprint density at radius 1 is 0.545 bits per heavy atom. The van der Waals surface area contributed by atoms with Crippen LogP contribution in [0, 0.1) is 34.3 Å². The second-order valence-corrected chi connectivity index (χ2v) is 27.1. The Morgan fingerprint density at radius 3 is 1.25 bits per heavy atom. The van der Waals surface area contributed by atoms with E-state index >= 15 is 0 Å². The SMILES string of the molecule is C.CC(C)c1ccc(-c2cncc(F)n2)c(Cl)c1Cl.CC(C)c1ccc(I)c(Cl)c1Cl.CNC1CCN(C)CC1.C[C@H](NC(=O)N(C)C1CCN(C)CC1)c1ccc(-c2cncc(F)n2)c(Cl)c1Cl.Cc1cncc(F)n1.Cl.N[C@H](c1ccc(-c2cncc(F)n2)c(Cl)c1Cl)C(F)(F)F. The van der Waals surface area contributed by atoms with Crippen molar-refractivity contribution in [2.45, 2.75) is 117 Å². The first kappa shape index (κ1) is 88.4. The van der Waals surface area contributed by atoms with Crippen molar-refractivity contribution in [1.82, 2.24) is 65.2 Å². The molecule has 99 heavy (non-hydrogen) atoms. The molecule has 2 saturated heterocycles. The summed E-state index contributed by atoms with van der Waals surface area (Å²) in [6.07, 6.45) is 9.47. The van der Waals surface area contributed by atoms with Gasteiger partial charge in [0.05, 0.1) is 112 Å². The Morgan fingerprint density at radius 2 is 0.889 bits per heavy atom. The Kier molecular flexibility index (Phi) is 37.5. The van der Waals surface area contributed by atoms with Crippen LogP contribution in [0.1, 0.15) is 120 Å². The van der Waals surface area contributed by atoms with Crippen molar-refractivity contribution in [3.63, 3.8) is 0 Å². The highest BCUT2D eigenvalue weighted by Gasteiger charge is 2.39. The van der Waals surface area contributed by atoms with E-state index in [2.05, 4.69) is 118 Å². The van der Waals surface area contributed by atoms with Crippen molar-refractivity contribution in [3.05, 3.63) is 194 Å². The first-order chi connectivity index (χ1) is 45.6. The van der Waals surface area contributed by atoms with E-state index in [1.54, 1.807) is 30.0 Å². The molecule has 0 aliphatic carbocycles. The number of nitrogens with two attached hydrogens (primary N) is 1. The molecule has 0 saturated carbocycles. The van der Waals surface area contributed by atoms with Crippen LogP contribution >= 0.6 is 128 Å². The van der Waals surface area contributed by atoms with Gasteiger partial charge in [0.15, 0.2) is 0 Å². The normalized spacial score (nSPS) is 13.9. The van der Waals surface area contributed by atoms with E-state index in [1.807, 2.05) is 46.0 Å². The minimum absolute atomic E-state index is 0. The number of piperidine rings is 2. The van der Waals surface area contributed by atoms with E-state index in [9.17, 15) is 35.5 Å². The number of likely N-dealkylation sites (tertiary alicyclic amines) is 2. The summed E-state index contributed by atoms with van der Waals surface area (Å²) >= 11 is 51.3. The van der Waals surface area contributed by atoms with Crippen LogP contribution in [0.15, 0.2) is 98.1 Å². The van der Waals surface area contributed by atoms with Gasteiger partial charge in [0.1, 0.15) is 6.04 Å². The number of nitrogens with one attached hydrogen (secondary N) is 2. The van der Waals surface area contributed by atoms with Gasteiger partial charge in [0, 0.05) is 45.6 Å². The van der Waals surface area contributed by atoms with E-state index in [0.717, 1.165) is 77.5 Å². The van der Waals surface area contributed by atoms with Crippen molar-refractivity contribution in [3.8, 4) is 33.8 Å². The summed E-state index contributed by atoms with van der Waals surface area (Å²) in [5.41, 5.74) is 10.0. The van der Waals surface area contributed by atoms with Crippen LogP contribution in [0.2, 0.25) is 40.2 Å². The van der Waals surface area contributed by atoms with Crippen LogP contribution in [0.5, 0.6) is 0 Å². The molecule has 2 atom stereocenters. The lowest BCUT2D eigenvalue weighted by molar-refractivity contribution is -0.149. The molecule has 2 aliphatic heterocycles. The largest absolute Gasteiger partial charge is 0.407 e. The number of carbonyl (C=O) groups is 1. The van der Waals surface area contributed by atoms with Crippen LogP contribution in [0.3, 0.4) is 0 Å². The van der Waals surface area contributed by atoms with Crippen LogP contribution in [-0.2, 0) is 0 Å². The smallest absolute Gasteiger partial charge is 0.331 e. The van der Waals surface area contributed by atoms with Crippen molar-refractivity contribution >= 4 is 134 Å². The fourth-order valence-electron chi connectivity index (χ4n) is 9.53. The van der Waals surface area contributed by atoms with Gasteiger partial charge in [0.2, 0.25) is 23.8 Å². The summed E-state index contributed by atoms with van der Waals surface area (Å²) in [4.78, 5) is 48.3. The summed E-state index contributed by atoms with van der Waals surface area (Å²) in [6.45, 7) is 16.3. The number of hydrogen-bond acceptors (Lipinski definition) is 13. The molecule has 8 aromatic rings. The molecule has 32 heteroatoms. The first-order valence-corrected chi connectivity index (χ1v) is 34.1. The second-order valence-electron chi connectivity index (χ2n) is 22.9. The number of aryl methyl sites for hydroxylation is 1. The van der Waals surface area contributed by atoms with Crippen molar-refractivity contribution < 1.29 is 35.5 Å². The van der Waals surface area contributed by atoms with E-state index in [0.29, 0.717) is 64.8 Å². The van der Waals surface area contributed by atoms with E-state index in [-0.39, 0.29) is 75.8 Å². The molecule has 2 aliphatic rings. The third kappa shape index (κ3) is 26.4. The topological polar surface area (TPSA) is 180 Å². The molecule has 6 heterocycles. The van der Waals surface area contributed by atoms with E-state index in [1.165, 1.54) is 56.8 Å². The number of nitrogens with zero attached hydrogens (tertiary/aromatic N) is 11. The van der Waals surface area contributed by atoms with Crippen molar-refractivity contribution in [2.75, 3.05) is 54.4 Å². The lowest BCUT2D eigenvalue weighted by Crippen LogP contribution is -2.48. The molecule has 15 nitrogen and oxygen atoms in total. The molecule has 10 rings (SSSR count). The zero-order valence-corrected chi connectivity index (χ0v) is 63.7. The number of hydrogen-bond donors (Lipinski definition) is 3. The van der Waals surface area contributed by atoms with Gasteiger partial charge in [-0.2, -0.15) is 30.7 Å². The zero-order chi connectivity index (χ0) is 72.2. The van der Waals surface area contributed by atoms with Gasteiger partial charge >= 0.3 is 12.2 Å². The van der Waals surface area contributed by atoms with Crippen LogP contribution in [0.4, 0.5) is 35.5 Å². The summed E-state index contributed by atoms with van der Waals surface area (Å²) < 4.78 is 90.3. The van der Waals surface area contributed by atoms with Crippen molar-refractivity contribution in [2.24, 2.45) is 5.73 Å². The summed E-state index contributed by atoms with van der Waals surface area (Å²) in [5, 5.41) is 8.49. The minimum Gasteiger partial charge on any atom is -0.331 e. The van der Waals surface area contributed by atoms with Crippen LogP contribution in [0.25, 0.3) is 33.8 Å². The molecule has 4 N–H and O–H groups in total. The Labute approximate surface area is 633 Å². The number of amides is 2. The van der Waals surface area contributed by atoms with Gasteiger partial charge in [-0.1, -0.05) is 170 Å². The number of benzene rings is 4. The Balaban J connectivity index is 0.000000325. The zero-order valence-electron chi connectivity index (χ0n) is 54.7. The van der Waals surface area contributed by atoms with Crippen LogP contribution in [-0.4, -0.2) is 133 Å². The predicted molar refractivity (Wildman–Crippen MR) is 398 cm³/mol. The number of aromatic nitrogens is 8. The van der Waals surface area contributed by atoms with Gasteiger partial charge in [-0.15, -0.1) is 12.4 Å². The molecule has 0 spiro atoms. The predicted octanol–water partition coefficient (Wildman–Crippen LogP) is 20.3. The number of carbonyl (C=O) groups excluding carboxylic acids is 1. The fourth-order valence-corrected chi connectivity index (χ4v) is 12.5. The van der Waals surface area contributed by atoms with E-state index < -0.39 is 36.0 Å². The molecule has 4 aromatic heterocycles. The van der Waals surface area contributed by atoms with Crippen molar-refractivity contribution in [1.29, 1.82) is 0 Å². The summed E-state index contributed by atoms with van der Waals surface area (Å²) in [5.74, 6) is -2.03. The average Bonchev–Trinajstić information content (AvgIpc) is 0.809. The standard InChI is InChI=1S/C20H24Cl2FN5O.C13H11Cl2FN2.C12H7Cl2F4N3.C9H9Cl2I.C7H16N2.C5H5FN2.CH4.ClH/c1-12(25-20(29)28(3)13-6-8-27(2)9-7-13)14-4-5-15(19(22)18(14)21)16-10-24-11-17(23)26-16;1-7(2)8-3-4-9(13(15)12(8)14)10-5-17-6-11(16)18-10;13-9-5(7-3-20-4-8(15)21-7)1-2-6(10(9)14)11(19)12(16,17)18;1-5(2)6-3-4-7(12)9(11)8(6)10;1-8-7-3-5-9(2)6-4-7;1-4-2-7-3-5(6)8-4;;/h4-5,10-13H,6-9H2,1-3H3,(H,25,29);3-7H,1-2H3;1-4,11H,19H2;3-5H,1-2H3;7-8H,3-6H2,1-2H3;2-3H,1H3;1H4;1H/t12-;;11-;;;;;/m0.1...../s1. The summed E-state index contributed by atoms with van der Waals surface area (Å²) in [7, 11) is 8.14. The lowest BCUT2D eigenvalue weighted by Gasteiger charge is -2.35. The Hall–Kier alpha value is -4.84. The van der Waals surface area contributed by atoms with Gasteiger partial charge in [0.25, 0.3) is 0 Å². The van der Waals surface area contributed by atoms with Crippen LogP contribution < -0.4 is 16.4 Å². The quantitative estimate of drug-likeness (QED) is 0.0669. The maximum atomic E-state index is 13.4. The lowest BCUT2D eigenvalue weighted by atomic mass is 10.0. The molecule has 4 aromatic carbocycles. The molecule has 0 unspecified atom stereocenters. The van der Waals surface area contributed by atoms with Gasteiger partial charge in [-0.3, -0.25) is 19.9 Å². The summed E-state index contributed by atoms with van der Waals surface area (Å²) in [6, 6.07) is 11.7. The van der Waals surface area contributed by atoms with Gasteiger partial charge in [-0.25, -0.2) is 24.7 Å². The minimum atomic E-state index is -4.66. The molecule has 2 amide bonds. The fraction of sp³-hybridized carbons (Fsp3) is 0.388. The van der Waals surface area contributed by atoms with Gasteiger partial charge in [-0.05, 0) is 150 Å². The highest BCUT2D eigenvalue weighted by atomic mass is 127. The van der Waals surface area contributed by atoms with Gasteiger partial charge < -0.3 is 31.1 Å². The maximum absolute atomic E-state index is 13.4. The van der Waals surface area contributed by atoms with E-state index in [4.69, 9.17) is 98.5 Å². The third-order valence-corrected chi connectivity index (χ3v) is 20.0. The second kappa shape index (κ2) is 42.1. The maximum Gasteiger partial charge on any atom is 0.407 e. The number of rotatable bonds is 10.